The Hall–Kier alpha value is -1.55. The Morgan fingerprint density at radius 2 is 1.94 bits per heavy atom. The van der Waals surface area contributed by atoms with Crippen LogP contribution < -0.4 is 10.1 Å². The number of rotatable bonds is 5. The summed E-state index contributed by atoms with van der Waals surface area (Å²) in [5.41, 5.74) is 1.10. The minimum Gasteiger partial charge on any atom is -0.497 e. The van der Waals surface area contributed by atoms with Crippen molar-refractivity contribution in [3.05, 3.63) is 29.8 Å². The van der Waals surface area contributed by atoms with Gasteiger partial charge in [-0.25, -0.2) is 0 Å². The van der Waals surface area contributed by atoms with Crippen LogP contribution in [0.2, 0.25) is 0 Å². The lowest BCUT2D eigenvalue weighted by Crippen LogP contribution is -2.26. The van der Waals surface area contributed by atoms with Crippen LogP contribution in [0.5, 0.6) is 5.75 Å². The fourth-order valence-corrected chi connectivity index (χ4v) is 1.32. The van der Waals surface area contributed by atoms with E-state index in [4.69, 9.17) is 4.74 Å². The number of carbonyl (C=O) groups is 1. The number of ether oxygens (including phenoxy) is 2. The molecule has 0 amide bonds. The lowest BCUT2D eigenvalue weighted by atomic mass is 10.1. The average molecular weight is 223 g/mol. The van der Waals surface area contributed by atoms with Crippen LogP contribution in [0.1, 0.15) is 18.5 Å². The lowest BCUT2D eigenvalue weighted by molar-refractivity contribution is -0.139. The van der Waals surface area contributed by atoms with Gasteiger partial charge in [0.25, 0.3) is 0 Å². The molecule has 0 aliphatic heterocycles. The van der Waals surface area contributed by atoms with Crippen LogP contribution in [0.15, 0.2) is 24.3 Å². The summed E-state index contributed by atoms with van der Waals surface area (Å²) in [6, 6.07) is 7.82. The molecule has 1 atom stereocenters. The highest BCUT2D eigenvalue weighted by molar-refractivity contribution is 5.71. The van der Waals surface area contributed by atoms with Crippen LogP contribution in [0.4, 0.5) is 0 Å². The molecule has 1 unspecified atom stereocenters. The van der Waals surface area contributed by atoms with E-state index in [1.807, 2.05) is 31.2 Å². The quantitative estimate of drug-likeness (QED) is 0.769. The van der Waals surface area contributed by atoms with Gasteiger partial charge in [0.15, 0.2) is 0 Å². The normalized spacial score (nSPS) is 11.9. The first-order valence-electron chi connectivity index (χ1n) is 5.11. The maximum atomic E-state index is 10.9. The molecule has 0 spiro atoms. The number of benzene rings is 1. The van der Waals surface area contributed by atoms with Crippen molar-refractivity contribution in [1.82, 2.24) is 5.32 Å². The minimum absolute atomic E-state index is 0.102. The fraction of sp³-hybridized carbons (Fsp3) is 0.417. The zero-order valence-electron chi connectivity index (χ0n) is 9.82. The van der Waals surface area contributed by atoms with E-state index in [-0.39, 0.29) is 18.6 Å². The number of hydrogen-bond acceptors (Lipinski definition) is 4. The molecule has 1 aromatic rings. The molecule has 1 N–H and O–H groups in total. The molecule has 0 saturated carbocycles. The van der Waals surface area contributed by atoms with Gasteiger partial charge in [-0.15, -0.1) is 0 Å². The van der Waals surface area contributed by atoms with Gasteiger partial charge >= 0.3 is 5.97 Å². The summed E-state index contributed by atoms with van der Waals surface area (Å²) < 4.78 is 9.62. The molecule has 88 valence electrons. The molecule has 0 radical (unpaired) electrons. The highest BCUT2D eigenvalue weighted by Crippen LogP contribution is 2.16. The van der Waals surface area contributed by atoms with Crippen LogP contribution in [0.3, 0.4) is 0 Å². The van der Waals surface area contributed by atoms with Crippen molar-refractivity contribution < 1.29 is 14.3 Å². The van der Waals surface area contributed by atoms with Crippen LogP contribution >= 0.6 is 0 Å². The van der Waals surface area contributed by atoms with Crippen molar-refractivity contribution in [2.24, 2.45) is 0 Å². The summed E-state index contributed by atoms with van der Waals surface area (Å²) in [6.07, 6.45) is 0. The van der Waals surface area contributed by atoms with Gasteiger partial charge in [0.1, 0.15) is 5.75 Å². The van der Waals surface area contributed by atoms with E-state index in [9.17, 15) is 4.79 Å². The van der Waals surface area contributed by atoms with Gasteiger partial charge in [-0.1, -0.05) is 12.1 Å². The second-order valence-electron chi connectivity index (χ2n) is 3.45. The summed E-state index contributed by atoms with van der Waals surface area (Å²) in [5, 5.41) is 3.07. The molecule has 0 bridgehead atoms. The highest BCUT2D eigenvalue weighted by Gasteiger charge is 2.07. The number of methoxy groups -OCH3 is 2. The molecular formula is C12H17NO3. The molecule has 0 fully saturated rings. The molecule has 4 heteroatoms. The monoisotopic (exact) mass is 223 g/mol. The second kappa shape index (κ2) is 6.12. The maximum absolute atomic E-state index is 10.9. The van der Waals surface area contributed by atoms with E-state index in [0.29, 0.717) is 0 Å². The van der Waals surface area contributed by atoms with Crippen molar-refractivity contribution >= 4 is 5.97 Å². The van der Waals surface area contributed by atoms with Gasteiger partial charge in [-0.05, 0) is 24.6 Å². The van der Waals surface area contributed by atoms with Gasteiger partial charge in [0.2, 0.25) is 0 Å². The summed E-state index contributed by atoms with van der Waals surface area (Å²) in [4.78, 5) is 10.9. The SMILES string of the molecule is COC(=O)CNC(C)c1ccc(OC)cc1. The molecule has 0 aliphatic rings. The number of nitrogens with one attached hydrogen (secondary N) is 1. The molecule has 4 nitrogen and oxygen atoms in total. The standard InChI is InChI=1S/C12H17NO3/c1-9(13-8-12(14)16-3)10-4-6-11(15-2)7-5-10/h4-7,9,13H,8H2,1-3H3. The van der Waals surface area contributed by atoms with Crippen molar-refractivity contribution in [3.8, 4) is 5.75 Å². The Morgan fingerprint density at radius 3 is 2.44 bits per heavy atom. The molecule has 0 aliphatic carbocycles. The zero-order valence-corrected chi connectivity index (χ0v) is 9.82. The molecule has 1 aromatic carbocycles. The van der Waals surface area contributed by atoms with Crippen molar-refractivity contribution in [1.29, 1.82) is 0 Å². The third-order valence-corrected chi connectivity index (χ3v) is 2.40. The largest absolute Gasteiger partial charge is 0.497 e. The molecule has 0 saturated heterocycles. The van der Waals surface area contributed by atoms with Crippen molar-refractivity contribution in [3.63, 3.8) is 0 Å². The van der Waals surface area contributed by atoms with Gasteiger partial charge in [0.05, 0.1) is 20.8 Å². The molecule has 1 rings (SSSR count). The summed E-state index contributed by atoms with van der Waals surface area (Å²) in [6.45, 7) is 2.20. The van der Waals surface area contributed by atoms with Crippen LogP contribution in [0, 0.1) is 0 Å². The first-order chi connectivity index (χ1) is 7.67. The summed E-state index contributed by atoms with van der Waals surface area (Å²) in [7, 11) is 3.01. The van der Waals surface area contributed by atoms with Crippen molar-refractivity contribution in [2.45, 2.75) is 13.0 Å². The zero-order chi connectivity index (χ0) is 12.0. The Kier molecular flexibility index (Phi) is 4.79. The first kappa shape index (κ1) is 12.5. The molecule has 16 heavy (non-hydrogen) atoms. The third-order valence-electron chi connectivity index (χ3n) is 2.40. The predicted molar refractivity (Wildman–Crippen MR) is 61.4 cm³/mol. The highest BCUT2D eigenvalue weighted by atomic mass is 16.5. The average Bonchev–Trinajstić information content (AvgIpc) is 2.35. The minimum atomic E-state index is -0.264. The van der Waals surface area contributed by atoms with Gasteiger partial charge in [0, 0.05) is 6.04 Å². The van der Waals surface area contributed by atoms with E-state index in [1.54, 1.807) is 7.11 Å². The summed E-state index contributed by atoms with van der Waals surface area (Å²) >= 11 is 0. The topological polar surface area (TPSA) is 47.6 Å². The van der Waals surface area contributed by atoms with E-state index in [0.717, 1.165) is 11.3 Å². The third kappa shape index (κ3) is 3.55. The van der Waals surface area contributed by atoms with Crippen molar-refractivity contribution in [2.75, 3.05) is 20.8 Å². The van der Waals surface area contributed by atoms with Gasteiger partial charge < -0.3 is 14.8 Å². The maximum Gasteiger partial charge on any atom is 0.319 e. The molecular weight excluding hydrogens is 206 g/mol. The van der Waals surface area contributed by atoms with Gasteiger partial charge in [-0.2, -0.15) is 0 Å². The first-order valence-corrected chi connectivity index (χ1v) is 5.11. The molecule has 0 aromatic heterocycles. The number of hydrogen-bond donors (Lipinski definition) is 1. The lowest BCUT2D eigenvalue weighted by Gasteiger charge is -2.13. The number of esters is 1. The van der Waals surface area contributed by atoms with Crippen LogP contribution in [0.25, 0.3) is 0 Å². The summed E-state index contributed by atoms with van der Waals surface area (Å²) in [5.74, 6) is 0.560. The van der Waals surface area contributed by atoms with Crippen LogP contribution in [-0.4, -0.2) is 26.7 Å². The predicted octanol–water partition coefficient (Wildman–Crippen LogP) is 1.52. The Bertz CT molecular complexity index is 335. The van der Waals surface area contributed by atoms with Gasteiger partial charge in [-0.3, -0.25) is 4.79 Å². The van der Waals surface area contributed by atoms with E-state index in [2.05, 4.69) is 10.1 Å². The van der Waals surface area contributed by atoms with E-state index >= 15 is 0 Å². The Labute approximate surface area is 95.6 Å². The fourth-order valence-electron chi connectivity index (χ4n) is 1.32. The number of carbonyl (C=O) groups excluding carboxylic acids is 1. The Balaban J connectivity index is 2.52. The Morgan fingerprint density at radius 1 is 1.31 bits per heavy atom. The van der Waals surface area contributed by atoms with E-state index in [1.165, 1.54) is 7.11 Å². The van der Waals surface area contributed by atoms with Crippen LogP contribution in [-0.2, 0) is 9.53 Å². The van der Waals surface area contributed by atoms with E-state index < -0.39 is 0 Å². The molecule has 0 heterocycles. The smallest absolute Gasteiger partial charge is 0.319 e. The second-order valence-corrected chi connectivity index (χ2v) is 3.45.